The van der Waals surface area contributed by atoms with E-state index in [4.69, 9.17) is 0 Å². The van der Waals surface area contributed by atoms with Crippen LogP contribution in [0.5, 0.6) is 0 Å². The lowest BCUT2D eigenvalue weighted by Gasteiger charge is -2.00. The fourth-order valence-corrected chi connectivity index (χ4v) is 4.13. The van der Waals surface area contributed by atoms with Gasteiger partial charge in [-0.05, 0) is 25.7 Å². The normalized spacial score (nSPS) is 10.7. The van der Waals surface area contributed by atoms with E-state index in [1.54, 1.807) is 10.8 Å². The Kier molecular flexibility index (Phi) is 8.70. The summed E-state index contributed by atoms with van der Waals surface area (Å²) in [5.41, 5.74) is 0.815. The van der Waals surface area contributed by atoms with Crippen LogP contribution < -0.4 is 0 Å². The number of aryl methyl sites for hydroxylation is 2. The van der Waals surface area contributed by atoms with Gasteiger partial charge in [-0.1, -0.05) is 25.7 Å². The van der Waals surface area contributed by atoms with Gasteiger partial charge in [0.15, 0.2) is 11.4 Å². The third-order valence-electron chi connectivity index (χ3n) is 3.92. The smallest absolute Gasteiger partial charge is 0.357 e. The number of aromatic nitrogens is 2. The molecule has 2 rings (SSSR count). The van der Waals surface area contributed by atoms with E-state index in [0.29, 0.717) is 11.4 Å². The summed E-state index contributed by atoms with van der Waals surface area (Å²) in [6.07, 6.45) is 8.72. The van der Waals surface area contributed by atoms with Crippen molar-refractivity contribution < 1.29 is 19.1 Å². The van der Waals surface area contributed by atoms with Gasteiger partial charge >= 0.3 is 11.9 Å². The number of hydrogen-bond acceptors (Lipinski definition) is 8. The van der Waals surface area contributed by atoms with Crippen LogP contribution in [0.4, 0.5) is 0 Å². The zero-order valence-electron chi connectivity index (χ0n) is 15.2. The number of carbonyl (C=O) groups is 2. The van der Waals surface area contributed by atoms with Crippen LogP contribution in [0.15, 0.2) is 10.8 Å². The second-order valence-electron chi connectivity index (χ2n) is 5.86. The molecule has 2 aromatic rings. The lowest BCUT2D eigenvalue weighted by molar-refractivity contribution is 0.0586. The highest BCUT2D eigenvalue weighted by molar-refractivity contribution is 7.10. The van der Waals surface area contributed by atoms with Gasteiger partial charge in [0.25, 0.3) is 0 Å². The summed E-state index contributed by atoms with van der Waals surface area (Å²) < 4.78 is 9.32. The predicted molar refractivity (Wildman–Crippen MR) is 102 cm³/mol. The summed E-state index contributed by atoms with van der Waals surface area (Å²) in [5, 5.41) is 5.50. The molecule has 0 radical (unpaired) electrons. The van der Waals surface area contributed by atoms with Gasteiger partial charge in [0, 0.05) is 10.8 Å². The van der Waals surface area contributed by atoms with Crippen LogP contribution in [-0.2, 0) is 22.3 Å². The number of esters is 2. The van der Waals surface area contributed by atoms with Crippen LogP contribution >= 0.6 is 22.7 Å². The number of thiazole rings is 2. The molecule has 0 spiro atoms. The van der Waals surface area contributed by atoms with Crippen molar-refractivity contribution in [2.75, 3.05) is 14.2 Å². The molecule has 2 aromatic heterocycles. The number of carbonyl (C=O) groups excluding carboxylic acids is 2. The Morgan fingerprint density at radius 1 is 0.769 bits per heavy atom. The Labute approximate surface area is 161 Å². The Balaban J connectivity index is 1.52. The molecule has 0 saturated carbocycles. The molecule has 0 unspecified atom stereocenters. The van der Waals surface area contributed by atoms with E-state index in [1.807, 2.05) is 0 Å². The van der Waals surface area contributed by atoms with E-state index in [-0.39, 0.29) is 11.9 Å². The number of ether oxygens (including phenoxy) is 2. The maximum Gasteiger partial charge on any atom is 0.357 e. The molecular formula is C18H24N2O4S2. The maximum atomic E-state index is 11.4. The van der Waals surface area contributed by atoms with Crippen LogP contribution in [0.3, 0.4) is 0 Å². The minimum atomic E-state index is -0.369. The average molecular weight is 397 g/mol. The maximum absolute atomic E-state index is 11.4. The van der Waals surface area contributed by atoms with Crippen molar-refractivity contribution in [3.8, 4) is 0 Å². The van der Waals surface area contributed by atoms with Gasteiger partial charge in [0.05, 0.1) is 24.2 Å². The van der Waals surface area contributed by atoms with Gasteiger partial charge in [-0.3, -0.25) is 0 Å². The summed E-state index contributed by atoms with van der Waals surface area (Å²) >= 11 is 3.04. The van der Waals surface area contributed by atoms with Crippen molar-refractivity contribution in [2.24, 2.45) is 0 Å². The highest BCUT2D eigenvalue weighted by atomic mass is 32.1. The summed E-state index contributed by atoms with van der Waals surface area (Å²) in [4.78, 5) is 31.3. The highest BCUT2D eigenvalue weighted by Gasteiger charge is 2.11. The van der Waals surface area contributed by atoms with Gasteiger partial charge in [-0.25, -0.2) is 19.6 Å². The van der Waals surface area contributed by atoms with Gasteiger partial charge in [-0.2, -0.15) is 0 Å². The molecule has 8 heteroatoms. The van der Waals surface area contributed by atoms with Crippen molar-refractivity contribution in [3.63, 3.8) is 0 Å². The van der Waals surface area contributed by atoms with Crippen molar-refractivity contribution in [2.45, 2.75) is 51.4 Å². The Bertz CT molecular complexity index is 651. The second-order valence-corrected chi connectivity index (χ2v) is 7.74. The van der Waals surface area contributed by atoms with Gasteiger partial charge in [0.2, 0.25) is 0 Å². The van der Waals surface area contributed by atoms with Crippen LogP contribution in [0.25, 0.3) is 0 Å². The topological polar surface area (TPSA) is 78.4 Å². The Morgan fingerprint density at radius 3 is 1.54 bits per heavy atom. The zero-order valence-corrected chi connectivity index (χ0v) is 16.8. The fraction of sp³-hybridized carbons (Fsp3) is 0.556. The molecule has 0 atom stereocenters. The highest BCUT2D eigenvalue weighted by Crippen LogP contribution is 2.17. The monoisotopic (exact) mass is 396 g/mol. The molecule has 0 aliphatic carbocycles. The Hall–Kier alpha value is -1.80. The Morgan fingerprint density at radius 2 is 1.15 bits per heavy atom. The first-order valence-electron chi connectivity index (χ1n) is 8.69. The standard InChI is InChI=1S/C18H24N2O4S2/c1-23-17(21)13-11-25-15(19-13)9-7-5-3-4-6-8-10-16-20-14(12-26-16)18(22)24-2/h11-12H,3-10H2,1-2H3. The van der Waals surface area contributed by atoms with E-state index in [1.165, 1.54) is 49.7 Å². The summed E-state index contributed by atoms with van der Waals surface area (Å²) in [6, 6.07) is 0. The van der Waals surface area contributed by atoms with Crippen LogP contribution in [0, 0.1) is 0 Å². The van der Waals surface area contributed by atoms with Crippen molar-refractivity contribution in [1.29, 1.82) is 0 Å². The number of nitrogens with zero attached hydrogens (tertiary/aromatic N) is 2. The SMILES string of the molecule is COC(=O)c1csc(CCCCCCCCc2nc(C(=O)OC)cs2)n1. The van der Waals surface area contributed by atoms with Crippen molar-refractivity contribution in [1.82, 2.24) is 9.97 Å². The summed E-state index contributed by atoms with van der Waals surface area (Å²) in [5.74, 6) is -0.738. The number of unbranched alkanes of at least 4 members (excludes halogenated alkanes) is 5. The van der Waals surface area contributed by atoms with Crippen LogP contribution in [0.2, 0.25) is 0 Å². The molecule has 0 amide bonds. The van der Waals surface area contributed by atoms with Crippen molar-refractivity contribution in [3.05, 3.63) is 32.2 Å². The van der Waals surface area contributed by atoms with Gasteiger partial charge in [0.1, 0.15) is 0 Å². The van der Waals surface area contributed by atoms with E-state index in [2.05, 4.69) is 19.4 Å². The first kappa shape index (κ1) is 20.5. The fourth-order valence-electron chi connectivity index (χ4n) is 2.51. The van der Waals surface area contributed by atoms with Crippen molar-refractivity contribution >= 4 is 34.6 Å². The largest absolute Gasteiger partial charge is 0.464 e. The second kappa shape index (κ2) is 11.0. The zero-order chi connectivity index (χ0) is 18.8. The number of hydrogen-bond donors (Lipinski definition) is 0. The summed E-state index contributed by atoms with van der Waals surface area (Å²) in [7, 11) is 2.74. The molecule has 2 heterocycles. The van der Waals surface area contributed by atoms with E-state index >= 15 is 0 Å². The van der Waals surface area contributed by atoms with Gasteiger partial charge < -0.3 is 9.47 Å². The third-order valence-corrected chi connectivity index (χ3v) is 5.74. The molecule has 6 nitrogen and oxygen atoms in total. The molecule has 0 N–H and O–H groups in total. The lowest BCUT2D eigenvalue weighted by Crippen LogP contribution is -2.01. The summed E-state index contributed by atoms with van der Waals surface area (Å²) in [6.45, 7) is 0. The first-order chi connectivity index (χ1) is 12.6. The molecule has 0 saturated heterocycles. The minimum absolute atomic E-state index is 0.369. The number of methoxy groups -OCH3 is 2. The number of rotatable bonds is 11. The molecule has 0 aromatic carbocycles. The quantitative estimate of drug-likeness (QED) is 0.416. The average Bonchev–Trinajstić information content (AvgIpc) is 3.32. The predicted octanol–water partition coefficient (Wildman–Crippen LogP) is 4.30. The minimum Gasteiger partial charge on any atom is -0.464 e. The molecule has 26 heavy (non-hydrogen) atoms. The van der Waals surface area contributed by atoms with Crippen LogP contribution in [0.1, 0.15) is 69.5 Å². The first-order valence-corrected chi connectivity index (χ1v) is 10.5. The van der Waals surface area contributed by atoms with E-state index in [9.17, 15) is 9.59 Å². The van der Waals surface area contributed by atoms with E-state index < -0.39 is 0 Å². The molecule has 0 aliphatic heterocycles. The van der Waals surface area contributed by atoms with Gasteiger partial charge in [-0.15, -0.1) is 22.7 Å². The lowest BCUT2D eigenvalue weighted by atomic mass is 10.1. The molecule has 0 fully saturated rings. The molecule has 0 bridgehead atoms. The van der Waals surface area contributed by atoms with E-state index in [0.717, 1.165) is 48.5 Å². The molecule has 142 valence electrons. The third kappa shape index (κ3) is 6.49. The molecule has 0 aliphatic rings. The van der Waals surface area contributed by atoms with Crippen LogP contribution in [-0.4, -0.2) is 36.1 Å². The molecular weight excluding hydrogens is 372 g/mol.